The highest BCUT2D eigenvalue weighted by atomic mass is 19.4. The SMILES string of the molecule is CCNC(=O)C(C)NCc1ccccc1OC(F)(F)F. The molecule has 7 heteroatoms. The number of hydrogen-bond acceptors (Lipinski definition) is 3. The number of ether oxygens (including phenoxy) is 1. The number of rotatable bonds is 6. The van der Waals surface area contributed by atoms with Crippen molar-refractivity contribution in [2.45, 2.75) is 32.8 Å². The van der Waals surface area contributed by atoms with Gasteiger partial charge in [0.2, 0.25) is 5.91 Å². The van der Waals surface area contributed by atoms with Crippen LogP contribution in [-0.2, 0) is 11.3 Å². The zero-order chi connectivity index (χ0) is 15.2. The molecule has 0 heterocycles. The van der Waals surface area contributed by atoms with E-state index in [9.17, 15) is 18.0 Å². The van der Waals surface area contributed by atoms with Gasteiger partial charge in [-0.1, -0.05) is 18.2 Å². The summed E-state index contributed by atoms with van der Waals surface area (Å²) in [7, 11) is 0. The Labute approximate surface area is 115 Å². The molecule has 2 N–H and O–H groups in total. The average Bonchev–Trinajstić information content (AvgIpc) is 2.35. The van der Waals surface area contributed by atoms with Crippen molar-refractivity contribution in [2.24, 2.45) is 0 Å². The van der Waals surface area contributed by atoms with Gasteiger partial charge in [0.05, 0.1) is 6.04 Å². The number of amides is 1. The first-order valence-electron chi connectivity index (χ1n) is 6.18. The second kappa shape index (κ2) is 7.14. The van der Waals surface area contributed by atoms with E-state index < -0.39 is 12.4 Å². The van der Waals surface area contributed by atoms with Crippen LogP contribution in [0.3, 0.4) is 0 Å². The topological polar surface area (TPSA) is 50.4 Å². The van der Waals surface area contributed by atoms with Gasteiger partial charge in [-0.25, -0.2) is 0 Å². The molecule has 4 nitrogen and oxygen atoms in total. The third-order valence-electron chi connectivity index (χ3n) is 2.54. The zero-order valence-electron chi connectivity index (χ0n) is 11.3. The van der Waals surface area contributed by atoms with Crippen LogP contribution in [0.4, 0.5) is 13.2 Å². The van der Waals surface area contributed by atoms with Gasteiger partial charge in [0.15, 0.2) is 0 Å². The molecule has 112 valence electrons. The van der Waals surface area contributed by atoms with Gasteiger partial charge in [-0.05, 0) is 19.9 Å². The number of benzene rings is 1. The van der Waals surface area contributed by atoms with Crippen LogP contribution in [0, 0.1) is 0 Å². The van der Waals surface area contributed by atoms with Crippen LogP contribution in [-0.4, -0.2) is 24.9 Å². The normalized spacial score (nSPS) is 12.8. The minimum absolute atomic E-state index is 0.102. The van der Waals surface area contributed by atoms with Gasteiger partial charge >= 0.3 is 6.36 Å². The molecule has 0 fully saturated rings. The number of hydrogen-bond donors (Lipinski definition) is 2. The van der Waals surface area contributed by atoms with E-state index in [0.717, 1.165) is 0 Å². The number of alkyl halides is 3. The summed E-state index contributed by atoms with van der Waals surface area (Å²) in [5.74, 6) is -0.475. The molecule has 20 heavy (non-hydrogen) atoms. The van der Waals surface area contributed by atoms with Crippen LogP contribution in [0.25, 0.3) is 0 Å². The third-order valence-corrected chi connectivity index (χ3v) is 2.54. The van der Waals surface area contributed by atoms with Gasteiger partial charge in [-0.2, -0.15) is 0 Å². The molecule has 0 aliphatic heterocycles. The quantitative estimate of drug-likeness (QED) is 0.844. The Kier molecular flexibility index (Phi) is 5.82. The van der Waals surface area contributed by atoms with Crippen LogP contribution in [0.1, 0.15) is 19.4 Å². The summed E-state index contributed by atoms with van der Waals surface area (Å²) in [5, 5.41) is 5.47. The maximum Gasteiger partial charge on any atom is 0.573 e. The number of carbonyl (C=O) groups excluding carboxylic acids is 1. The van der Waals surface area contributed by atoms with E-state index >= 15 is 0 Å². The molecular weight excluding hydrogens is 273 g/mol. The summed E-state index contributed by atoms with van der Waals surface area (Å²) in [4.78, 5) is 11.5. The summed E-state index contributed by atoms with van der Waals surface area (Å²) in [6.07, 6.45) is -4.73. The number of nitrogens with one attached hydrogen (secondary N) is 2. The fourth-order valence-electron chi connectivity index (χ4n) is 1.56. The van der Waals surface area contributed by atoms with E-state index in [1.165, 1.54) is 18.2 Å². The maximum atomic E-state index is 12.2. The first-order chi connectivity index (χ1) is 9.33. The lowest BCUT2D eigenvalue weighted by Crippen LogP contribution is -2.41. The Morgan fingerprint density at radius 3 is 2.60 bits per heavy atom. The number of para-hydroxylation sites is 1. The lowest BCUT2D eigenvalue weighted by Gasteiger charge is -2.16. The first-order valence-corrected chi connectivity index (χ1v) is 6.18. The molecule has 1 aromatic rings. The summed E-state index contributed by atoms with van der Waals surface area (Å²) >= 11 is 0. The molecule has 1 rings (SSSR count). The molecule has 1 atom stereocenters. The minimum Gasteiger partial charge on any atom is -0.405 e. The van der Waals surface area contributed by atoms with Crippen molar-refractivity contribution >= 4 is 5.91 Å². The molecule has 1 aromatic carbocycles. The van der Waals surface area contributed by atoms with Crippen LogP contribution in [0.2, 0.25) is 0 Å². The highest BCUT2D eigenvalue weighted by Crippen LogP contribution is 2.26. The van der Waals surface area contributed by atoms with Crippen molar-refractivity contribution in [1.29, 1.82) is 0 Å². The van der Waals surface area contributed by atoms with Gasteiger partial charge in [-0.15, -0.1) is 13.2 Å². The number of carbonyl (C=O) groups is 1. The molecule has 0 spiro atoms. The molecule has 0 bridgehead atoms. The third kappa shape index (κ3) is 5.48. The molecule has 0 aliphatic rings. The van der Waals surface area contributed by atoms with E-state index in [1.807, 2.05) is 0 Å². The van der Waals surface area contributed by atoms with E-state index in [0.29, 0.717) is 12.1 Å². The van der Waals surface area contributed by atoms with Gasteiger partial charge < -0.3 is 15.4 Å². The molecule has 0 saturated carbocycles. The van der Waals surface area contributed by atoms with Crippen molar-refractivity contribution in [3.05, 3.63) is 29.8 Å². The van der Waals surface area contributed by atoms with Crippen LogP contribution in [0.15, 0.2) is 24.3 Å². The van der Waals surface area contributed by atoms with Crippen LogP contribution in [0.5, 0.6) is 5.75 Å². The van der Waals surface area contributed by atoms with Crippen LogP contribution < -0.4 is 15.4 Å². The summed E-state index contributed by atoms with van der Waals surface area (Å²) < 4.78 is 40.7. The minimum atomic E-state index is -4.73. The van der Waals surface area contributed by atoms with E-state index in [4.69, 9.17) is 0 Å². The van der Waals surface area contributed by atoms with Crippen molar-refractivity contribution in [3.8, 4) is 5.75 Å². The van der Waals surface area contributed by atoms with Gasteiger partial charge in [0, 0.05) is 18.7 Å². The summed E-state index contributed by atoms with van der Waals surface area (Å²) in [5.41, 5.74) is 0.334. The summed E-state index contributed by atoms with van der Waals surface area (Å²) in [6.45, 7) is 4.03. The van der Waals surface area contributed by atoms with E-state index in [-0.39, 0.29) is 18.2 Å². The van der Waals surface area contributed by atoms with E-state index in [1.54, 1.807) is 19.9 Å². The van der Waals surface area contributed by atoms with Crippen molar-refractivity contribution in [3.63, 3.8) is 0 Å². The summed E-state index contributed by atoms with van der Waals surface area (Å²) in [6, 6.07) is 5.31. The molecule has 1 amide bonds. The molecule has 0 saturated heterocycles. The van der Waals surface area contributed by atoms with E-state index in [2.05, 4.69) is 15.4 Å². The Balaban J connectivity index is 2.66. The van der Waals surface area contributed by atoms with Crippen molar-refractivity contribution < 1.29 is 22.7 Å². The second-order valence-electron chi connectivity index (χ2n) is 4.15. The predicted octanol–water partition coefficient (Wildman–Crippen LogP) is 2.20. The lowest BCUT2D eigenvalue weighted by atomic mass is 10.2. The predicted molar refractivity (Wildman–Crippen MR) is 68.1 cm³/mol. The molecular formula is C13H17F3N2O2. The molecule has 1 unspecified atom stereocenters. The second-order valence-corrected chi connectivity index (χ2v) is 4.15. The first kappa shape index (κ1) is 16.3. The monoisotopic (exact) mass is 290 g/mol. The lowest BCUT2D eigenvalue weighted by molar-refractivity contribution is -0.274. The average molecular weight is 290 g/mol. The molecule has 0 aromatic heterocycles. The Morgan fingerprint density at radius 2 is 2.00 bits per heavy atom. The number of halogens is 3. The van der Waals surface area contributed by atoms with Crippen LogP contribution >= 0.6 is 0 Å². The zero-order valence-corrected chi connectivity index (χ0v) is 11.3. The number of likely N-dealkylation sites (N-methyl/N-ethyl adjacent to an activating group) is 1. The van der Waals surface area contributed by atoms with Gasteiger partial charge in [0.1, 0.15) is 5.75 Å². The van der Waals surface area contributed by atoms with Gasteiger partial charge in [0.25, 0.3) is 0 Å². The Bertz CT molecular complexity index is 449. The fraction of sp³-hybridized carbons (Fsp3) is 0.462. The Hall–Kier alpha value is -1.76. The standard InChI is InChI=1S/C13H17F3N2O2/c1-3-17-12(19)9(2)18-8-10-6-4-5-7-11(10)20-13(14,15)16/h4-7,9,18H,3,8H2,1-2H3,(H,17,19). The Morgan fingerprint density at radius 1 is 1.35 bits per heavy atom. The van der Waals surface area contributed by atoms with Crippen molar-refractivity contribution in [1.82, 2.24) is 10.6 Å². The largest absolute Gasteiger partial charge is 0.573 e. The fourth-order valence-corrected chi connectivity index (χ4v) is 1.56. The highest BCUT2D eigenvalue weighted by molar-refractivity contribution is 5.81. The molecule has 0 aliphatic carbocycles. The maximum absolute atomic E-state index is 12.2. The molecule has 0 radical (unpaired) electrons. The highest BCUT2D eigenvalue weighted by Gasteiger charge is 2.32. The van der Waals surface area contributed by atoms with Crippen molar-refractivity contribution in [2.75, 3.05) is 6.54 Å². The van der Waals surface area contributed by atoms with Gasteiger partial charge in [-0.3, -0.25) is 4.79 Å². The smallest absolute Gasteiger partial charge is 0.405 e.